The zero-order chi connectivity index (χ0) is 27.4. The van der Waals surface area contributed by atoms with Crippen molar-refractivity contribution in [1.29, 1.82) is 0 Å². The van der Waals surface area contributed by atoms with Gasteiger partial charge in [0.2, 0.25) is 0 Å². The van der Waals surface area contributed by atoms with E-state index < -0.39 is 23.8 Å². The highest BCUT2D eigenvalue weighted by atomic mass is 35.5. The molecule has 1 fully saturated rings. The molecule has 0 bridgehead atoms. The number of likely N-dealkylation sites (tertiary alicyclic amines) is 1. The first-order valence-electron chi connectivity index (χ1n) is 13.0. The van der Waals surface area contributed by atoms with Crippen molar-refractivity contribution in [3.63, 3.8) is 0 Å². The summed E-state index contributed by atoms with van der Waals surface area (Å²) in [6.45, 7) is 10.5. The molecule has 5 nitrogen and oxygen atoms in total. The molecule has 2 atom stereocenters. The number of benzene rings is 2. The number of aliphatic hydroxyl groups excluding tert-OH is 1. The van der Waals surface area contributed by atoms with Gasteiger partial charge in [-0.05, 0) is 100.0 Å². The quantitative estimate of drug-likeness (QED) is 0.338. The van der Waals surface area contributed by atoms with Gasteiger partial charge in [0.1, 0.15) is 0 Å². The summed E-state index contributed by atoms with van der Waals surface area (Å²) in [7, 11) is 0. The monoisotopic (exact) mass is 539 g/mol. The van der Waals surface area contributed by atoms with Crippen LogP contribution in [0.5, 0.6) is 0 Å². The molecule has 8 heteroatoms. The zero-order valence-corrected chi connectivity index (χ0v) is 23.1. The molecule has 2 aromatic carbocycles. The fourth-order valence-corrected chi connectivity index (χ4v) is 4.49. The standard InChI is InChI=1S/C21H31F2NO4.C8H9Cl/c1-3-20(28-14-16(25)13-24-9-5-6-10-24)17-12-19(23)18(22)11-15(17)7-8-21(26)27-4-2;1-6-3-4-7(2)8(9)5-6/h11-12,16,20,25H,3-10,13-14H2,1-2H3;3-5H,1-2H3. The maximum Gasteiger partial charge on any atom is 0.306 e. The number of hydrogen-bond acceptors (Lipinski definition) is 5. The topological polar surface area (TPSA) is 59.0 Å². The molecule has 1 heterocycles. The molecule has 206 valence electrons. The first kappa shape index (κ1) is 31.2. The molecule has 1 saturated heterocycles. The molecule has 2 aromatic rings. The molecule has 2 unspecified atom stereocenters. The summed E-state index contributed by atoms with van der Waals surface area (Å²) >= 11 is 5.81. The first-order chi connectivity index (χ1) is 17.6. The maximum absolute atomic E-state index is 13.9. The Balaban J connectivity index is 0.000000449. The van der Waals surface area contributed by atoms with Crippen LogP contribution in [0.4, 0.5) is 8.78 Å². The van der Waals surface area contributed by atoms with E-state index in [-0.39, 0.29) is 32.0 Å². The van der Waals surface area contributed by atoms with Crippen molar-refractivity contribution in [3.05, 3.63) is 69.2 Å². The number of carbonyl (C=O) groups is 1. The van der Waals surface area contributed by atoms with Crippen LogP contribution in [0.2, 0.25) is 5.02 Å². The van der Waals surface area contributed by atoms with E-state index in [1.165, 1.54) is 5.56 Å². The number of esters is 1. The highest BCUT2D eigenvalue weighted by Crippen LogP contribution is 2.28. The second-order valence-electron chi connectivity index (χ2n) is 9.41. The van der Waals surface area contributed by atoms with E-state index in [1.54, 1.807) is 6.92 Å². The van der Waals surface area contributed by atoms with E-state index in [0.29, 0.717) is 24.1 Å². The molecule has 1 aliphatic rings. The Labute approximate surface area is 224 Å². The van der Waals surface area contributed by atoms with Crippen LogP contribution in [-0.4, -0.2) is 54.9 Å². The third-order valence-corrected chi connectivity index (χ3v) is 6.70. The maximum atomic E-state index is 13.9. The van der Waals surface area contributed by atoms with Crippen molar-refractivity contribution in [1.82, 2.24) is 4.90 Å². The Kier molecular flexibility index (Phi) is 13.5. The molecule has 0 radical (unpaired) electrons. The predicted molar refractivity (Wildman–Crippen MR) is 143 cm³/mol. The SMILES string of the molecule is CCOC(=O)CCc1cc(F)c(F)cc1C(CC)OCC(O)CN1CCCC1.Cc1ccc(C)c(Cl)c1. The normalized spacial score (nSPS) is 15.1. The van der Waals surface area contributed by atoms with Crippen LogP contribution in [0.3, 0.4) is 0 Å². The van der Waals surface area contributed by atoms with Crippen LogP contribution in [-0.2, 0) is 20.7 Å². The van der Waals surface area contributed by atoms with E-state index in [9.17, 15) is 18.7 Å². The molecule has 0 spiro atoms. The lowest BCUT2D eigenvalue weighted by atomic mass is 9.96. The molecule has 37 heavy (non-hydrogen) atoms. The van der Waals surface area contributed by atoms with Gasteiger partial charge in [0.15, 0.2) is 11.6 Å². The van der Waals surface area contributed by atoms with Gasteiger partial charge >= 0.3 is 5.97 Å². The second-order valence-corrected chi connectivity index (χ2v) is 9.82. The van der Waals surface area contributed by atoms with E-state index in [0.717, 1.165) is 48.6 Å². The first-order valence-corrected chi connectivity index (χ1v) is 13.4. The highest BCUT2D eigenvalue weighted by Gasteiger charge is 2.21. The van der Waals surface area contributed by atoms with Crippen molar-refractivity contribution < 1.29 is 28.2 Å². The molecule has 0 amide bonds. The van der Waals surface area contributed by atoms with Crippen LogP contribution in [0.15, 0.2) is 30.3 Å². The Morgan fingerprint density at radius 2 is 1.78 bits per heavy atom. The summed E-state index contributed by atoms with van der Waals surface area (Å²) in [5.41, 5.74) is 3.39. The van der Waals surface area contributed by atoms with Gasteiger partial charge in [-0.15, -0.1) is 0 Å². The summed E-state index contributed by atoms with van der Waals surface area (Å²) in [5.74, 6) is -2.28. The number of ether oxygens (including phenoxy) is 2. The van der Waals surface area contributed by atoms with Gasteiger partial charge in [0.25, 0.3) is 0 Å². The summed E-state index contributed by atoms with van der Waals surface area (Å²) < 4.78 is 38.4. The number of hydrogen-bond donors (Lipinski definition) is 1. The molecule has 1 N–H and O–H groups in total. The van der Waals surface area contributed by atoms with Gasteiger partial charge in [0.05, 0.1) is 25.4 Å². The van der Waals surface area contributed by atoms with Gasteiger partial charge in [0, 0.05) is 18.0 Å². The lowest BCUT2D eigenvalue weighted by Gasteiger charge is -2.24. The number of halogens is 3. The molecular formula is C29H40ClF2NO4. The third-order valence-electron chi connectivity index (χ3n) is 6.29. The van der Waals surface area contributed by atoms with Crippen LogP contribution >= 0.6 is 11.6 Å². The second kappa shape index (κ2) is 16.0. The van der Waals surface area contributed by atoms with Gasteiger partial charge < -0.3 is 19.5 Å². The van der Waals surface area contributed by atoms with Crippen LogP contribution < -0.4 is 0 Å². The van der Waals surface area contributed by atoms with Gasteiger partial charge in [-0.25, -0.2) is 8.78 Å². The fourth-order valence-electron chi connectivity index (χ4n) is 4.26. The number of rotatable bonds is 11. The average molecular weight is 540 g/mol. The minimum absolute atomic E-state index is 0.0833. The molecule has 3 rings (SSSR count). The Bertz CT molecular complexity index is 998. The Morgan fingerprint density at radius 1 is 1.11 bits per heavy atom. The van der Waals surface area contributed by atoms with Crippen molar-refractivity contribution in [2.24, 2.45) is 0 Å². The number of carbonyl (C=O) groups excluding carboxylic acids is 1. The summed E-state index contributed by atoms with van der Waals surface area (Å²) in [6.07, 6.45) is 2.02. The molecule has 0 saturated carbocycles. The van der Waals surface area contributed by atoms with Crippen molar-refractivity contribution in [2.45, 2.75) is 72.0 Å². The number of aliphatic hydroxyl groups is 1. The van der Waals surface area contributed by atoms with Crippen molar-refractivity contribution >= 4 is 17.6 Å². The van der Waals surface area contributed by atoms with E-state index in [2.05, 4.69) is 11.0 Å². The van der Waals surface area contributed by atoms with E-state index in [4.69, 9.17) is 21.1 Å². The van der Waals surface area contributed by atoms with Gasteiger partial charge in [-0.1, -0.05) is 30.7 Å². The van der Waals surface area contributed by atoms with Gasteiger partial charge in [-0.3, -0.25) is 4.79 Å². The Morgan fingerprint density at radius 3 is 2.38 bits per heavy atom. The fraction of sp³-hybridized carbons (Fsp3) is 0.552. The summed E-state index contributed by atoms with van der Waals surface area (Å²) in [5, 5.41) is 11.1. The van der Waals surface area contributed by atoms with Crippen LogP contribution in [0, 0.1) is 25.5 Å². The highest BCUT2D eigenvalue weighted by molar-refractivity contribution is 6.31. The summed E-state index contributed by atoms with van der Waals surface area (Å²) in [6, 6.07) is 8.31. The predicted octanol–water partition coefficient (Wildman–Crippen LogP) is 6.34. The van der Waals surface area contributed by atoms with Crippen molar-refractivity contribution in [2.75, 3.05) is 32.8 Å². The minimum atomic E-state index is -0.952. The minimum Gasteiger partial charge on any atom is -0.466 e. The van der Waals surface area contributed by atoms with Crippen LogP contribution in [0.25, 0.3) is 0 Å². The molecule has 0 aromatic heterocycles. The van der Waals surface area contributed by atoms with Crippen LogP contribution in [0.1, 0.15) is 67.9 Å². The zero-order valence-electron chi connectivity index (χ0n) is 22.4. The van der Waals surface area contributed by atoms with Crippen molar-refractivity contribution in [3.8, 4) is 0 Å². The molecular weight excluding hydrogens is 500 g/mol. The molecule has 1 aliphatic heterocycles. The number of nitrogens with zero attached hydrogens (tertiary/aromatic N) is 1. The largest absolute Gasteiger partial charge is 0.466 e. The number of aryl methyl sites for hydroxylation is 3. The molecule has 0 aliphatic carbocycles. The average Bonchev–Trinajstić information content (AvgIpc) is 3.36. The summed E-state index contributed by atoms with van der Waals surface area (Å²) in [4.78, 5) is 13.8. The lowest BCUT2D eigenvalue weighted by Crippen LogP contribution is -2.33. The lowest BCUT2D eigenvalue weighted by molar-refractivity contribution is -0.143. The third kappa shape index (κ3) is 10.7. The van der Waals surface area contributed by atoms with E-state index in [1.807, 2.05) is 32.9 Å². The Hall–Kier alpha value is -2.06. The van der Waals surface area contributed by atoms with Gasteiger partial charge in [-0.2, -0.15) is 0 Å². The van der Waals surface area contributed by atoms with E-state index >= 15 is 0 Å². The smallest absolute Gasteiger partial charge is 0.306 e. The number of β-amino-alcohol motifs (C(OH)–C–C–N with tert-alkyl or cyclic N) is 1.